The molecule has 0 N–H and O–H groups in total. The number of hydrogen-bond donors (Lipinski definition) is 0. The summed E-state index contributed by atoms with van der Waals surface area (Å²) in [5.74, 6) is 0.247. The van der Waals surface area contributed by atoms with Gasteiger partial charge >= 0.3 is 0 Å². The van der Waals surface area contributed by atoms with E-state index in [1.807, 2.05) is 11.8 Å². The molecule has 15 heavy (non-hydrogen) atoms. The lowest BCUT2D eigenvalue weighted by molar-refractivity contribution is -0.129. The van der Waals surface area contributed by atoms with Crippen LogP contribution >= 0.6 is 15.9 Å². The van der Waals surface area contributed by atoms with Crippen LogP contribution in [0.5, 0.6) is 0 Å². The molecule has 0 aliphatic carbocycles. The zero-order valence-corrected chi connectivity index (χ0v) is 10.9. The number of nitrogens with zero attached hydrogens (tertiary/aromatic N) is 2. The van der Waals surface area contributed by atoms with Crippen molar-refractivity contribution >= 4 is 21.8 Å². The third kappa shape index (κ3) is 2.53. The van der Waals surface area contributed by atoms with Crippen molar-refractivity contribution in [3.63, 3.8) is 0 Å². The summed E-state index contributed by atoms with van der Waals surface area (Å²) in [4.78, 5) is 16.3. The SMILES string of the molecule is CC(Br)C(=O)N1CCC(N2CCCC2)C1. The summed E-state index contributed by atoms with van der Waals surface area (Å²) in [5.41, 5.74) is 0. The van der Waals surface area contributed by atoms with Crippen molar-refractivity contribution in [2.45, 2.75) is 37.1 Å². The molecule has 2 aliphatic rings. The summed E-state index contributed by atoms with van der Waals surface area (Å²) in [6.07, 6.45) is 3.82. The zero-order valence-electron chi connectivity index (χ0n) is 9.29. The van der Waals surface area contributed by atoms with Gasteiger partial charge in [0.05, 0.1) is 4.83 Å². The summed E-state index contributed by atoms with van der Waals surface area (Å²) in [6.45, 7) is 6.25. The van der Waals surface area contributed by atoms with Crippen LogP contribution in [0.4, 0.5) is 0 Å². The first-order valence-electron chi connectivity index (χ1n) is 5.85. The van der Waals surface area contributed by atoms with E-state index in [1.54, 1.807) is 0 Å². The second kappa shape index (κ2) is 4.83. The van der Waals surface area contributed by atoms with Crippen molar-refractivity contribution in [2.24, 2.45) is 0 Å². The average molecular weight is 275 g/mol. The molecule has 0 radical (unpaired) electrons. The molecule has 3 nitrogen and oxygen atoms in total. The van der Waals surface area contributed by atoms with Crippen LogP contribution in [-0.2, 0) is 4.79 Å². The van der Waals surface area contributed by atoms with Gasteiger partial charge < -0.3 is 4.90 Å². The highest BCUT2D eigenvalue weighted by atomic mass is 79.9. The number of halogens is 1. The number of carbonyl (C=O) groups excluding carboxylic acids is 1. The highest BCUT2D eigenvalue weighted by Gasteiger charge is 2.32. The Labute approximate surface area is 99.9 Å². The minimum absolute atomic E-state index is 0.0326. The summed E-state index contributed by atoms with van der Waals surface area (Å²) < 4.78 is 0. The zero-order chi connectivity index (χ0) is 10.8. The first-order valence-corrected chi connectivity index (χ1v) is 6.77. The van der Waals surface area contributed by atoms with Crippen LogP contribution in [0.2, 0.25) is 0 Å². The largest absolute Gasteiger partial charge is 0.340 e. The average Bonchev–Trinajstić information content (AvgIpc) is 2.86. The number of rotatable bonds is 2. The maximum atomic E-state index is 11.8. The fraction of sp³-hybridized carbons (Fsp3) is 0.909. The van der Waals surface area contributed by atoms with E-state index < -0.39 is 0 Å². The smallest absolute Gasteiger partial charge is 0.236 e. The van der Waals surface area contributed by atoms with Crippen LogP contribution < -0.4 is 0 Å². The first-order chi connectivity index (χ1) is 7.18. The summed E-state index contributed by atoms with van der Waals surface area (Å²) in [6, 6.07) is 0.628. The lowest BCUT2D eigenvalue weighted by Gasteiger charge is -2.24. The molecule has 0 bridgehead atoms. The van der Waals surface area contributed by atoms with Crippen LogP contribution in [0.15, 0.2) is 0 Å². The lowest BCUT2D eigenvalue weighted by Crippen LogP contribution is -2.38. The highest BCUT2D eigenvalue weighted by molar-refractivity contribution is 9.10. The number of amides is 1. The van der Waals surface area contributed by atoms with Crippen molar-refractivity contribution in [3.8, 4) is 0 Å². The van der Waals surface area contributed by atoms with E-state index in [4.69, 9.17) is 0 Å². The molecule has 2 heterocycles. The number of hydrogen-bond acceptors (Lipinski definition) is 2. The van der Waals surface area contributed by atoms with Gasteiger partial charge in [-0.25, -0.2) is 0 Å². The van der Waals surface area contributed by atoms with Crippen LogP contribution in [-0.4, -0.2) is 52.8 Å². The van der Waals surface area contributed by atoms with Gasteiger partial charge in [0.2, 0.25) is 5.91 Å². The molecule has 0 spiro atoms. The van der Waals surface area contributed by atoms with Gasteiger partial charge in [-0.3, -0.25) is 9.69 Å². The van der Waals surface area contributed by atoms with Crippen molar-refractivity contribution < 1.29 is 4.79 Å². The van der Waals surface area contributed by atoms with E-state index >= 15 is 0 Å². The van der Waals surface area contributed by atoms with Gasteiger partial charge in [0.15, 0.2) is 0 Å². The van der Waals surface area contributed by atoms with Crippen LogP contribution in [0.3, 0.4) is 0 Å². The fourth-order valence-corrected chi connectivity index (χ4v) is 2.89. The number of carbonyl (C=O) groups is 1. The maximum absolute atomic E-state index is 11.8. The topological polar surface area (TPSA) is 23.6 Å². The molecule has 2 aliphatic heterocycles. The molecule has 86 valence electrons. The first kappa shape index (κ1) is 11.4. The molecule has 0 aromatic carbocycles. The van der Waals surface area contributed by atoms with Crippen molar-refractivity contribution in [3.05, 3.63) is 0 Å². The molecule has 1 amide bonds. The Kier molecular flexibility index (Phi) is 3.67. The minimum atomic E-state index is -0.0326. The maximum Gasteiger partial charge on any atom is 0.236 e. The normalized spacial score (nSPS) is 29.7. The molecule has 2 atom stereocenters. The van der Waals surface area contributed by atoms with Crippen molar-refractivity contribution in [2.75, 3.05) is 26.2 Å². The summed E-state index contributed by atoms with van der Waals surface area (Å²) in [7, 11) is 0. The molecular formula is C11H19BrN2O. The van der Waals surface area contributed by atoms with Gasteiger partial charge in [0.1, 0.15) is 0 Å². The van der Waals surface area contributed by atoms with Gasteiger partial charge in [-0.1, -0.05) is 15.9 Å². The van der Waals surface area contributed by atoms with E-state index in [0.717, 1.165) is 19.5 Å². The van der Waals surface area contributed by atoms with E-state index in [1.165, 1.54) is 25.9 Å². The molecule has 2 fully saturated rings. The molecule has 4 heteroatoms. The van der Waals surface area contributed by atoms with Crippen LogP contribution in [0.1, 0.15) is 26.2 Å². The molecule has 0 aromatic heterocycles. The Morgan fingerprint density at radius 1 is 1.33 bits per heavy atom. The highest BCUT2D eigenvalue weighted by Crippen LogP contribution is 2.21. The van der Waals surface area contributed by atoms with E-state index in [0.29, 0.717) is 6.04 Å². The minimum Gasteiger partial charge on any atom is -0.340 e. The summed E-state index contributed by atoms with van der Waals surface area (Å²) >= 11 is 3.35. The van der Waals surface area contributed by atoms with Gasteiger partial charge in [-0.15, -0.1) is 0 Å². The molecule has 0 saturated carbocycles. The van der Waals surface area contributed by atoms with Gasteiger partial charge in [0, 0.05) is 19.1 Å². The summed E-state index contributed by atoms with van der Waals surface area (Å²) in [5, 5.41) is 0. The third-order valence-corrected chi connectivity index (χ3v) is 3.86. The predicted molar refractivity (Wildman–Crippen MR) is 64.2 cm³/mol. The van der Waals surface area contributed by atoms with E-state index in [9.17, 15) is 4.79 Å². The third-order valence-electron chi connectivity index (χ3n) is 3.47. The lowest BCUT2D eigenvalue weighted by atomic mass is 10.2. The Bertz CT molecular complexity index is 239. The number of likely N-dealkylation sites (tertiary alicyclic amines) is 2. The van der Waals surface area contributed by atoms with Gasteiger partial charge in [-0.05, 0) is 39.3 Å². The Morgan fingerprint density at radius 3 is 2.60 bits per heavy atom. The molecule has 2 rings (SSSR count). The van der Waals surface area contributed by atoms with Crippen LogP contribution in [0.25, 0.3) is 0 Å². The Morgan fingerprint density at radius 2 is 2.00 bits per heavy atom. The second-order valence-electron chi connectivity index (χ2n) is 4.59. The van der Waals surface area contributed by atoms with Crippen molar-refractivity contribution in [1.29, 1.82) is 0 Å². The standard InChI is InChI=1S/C11H19BrN2O/c1-9(12)11(15)14-7-4-10(8-14)13-5-2-3-6-13/h9-10H,2-8H2,1H3. The van der Waals surface area contributed by atoms with E-state index in [-0.39, 0.29) is 10.7 Å². The number of alkyl halides is 1. The molecule has 2 saturated heterocycles. The molecular weight excluding hydrogens is 256 g/mol. The second-order valence-corrected chi connectivity index (χ2v) is 5.96. The Hall–Kier alpha value is -0.0900. The quantitative estimate of drug-likeness (QED) is 0.712. The predicted octanol–water partition coefficient (Wildman–Crippen LogP) is 1.47. The van der Waals surface area contributed by atoms with Crippen molar-refractivity contribution in [1.82, 2.24) is 9.80 Å². The molecule has 2 unspecified atom stereocenters. The molecule has 0 aromatic rings. The van der Waals surface area contributed by atoms with Gasteiger partial charge in [-0.2, -0.15) is 0 Å². The van der Waals surface area contributed by atoms with E-state index in [2.05, 4.69) is 20.8 Å². The monoisotopic (exact) mass is 274 g/mol. The fourth-order valence-electron chi connectivity index (χ4n) is 2.60. The Balaban J connectivity index is 1.86. The van der Waals surface area contributed by atoms with Crippen LogP contribution in [0, 0.1) is 0 Å². The van der Waals surface area contributed by atoms with Gasteiger partial charge in [0.25, 0.3) is 0 Å².